The third kappa shape index (κ3) is 3.33. The summed E-state index contributed by atoms with van der Waals surface area (Å²) in [5.74, 6) is 0.916. The highest BCUT2D eigenvalue weighted by atomic mass is 32.2. The molecule has 4 heterocycles. The number of thioether (sulfide) groups is 1. The van der Waals surface area contributed by atoms with E-state index in [4.69, 9.17) is 0 Å². The van der Waals surface area contributed by atoms with Gasteiger partial charge in [0.05, 0.1) is 10.6 Å². The molecule has 2 unspecified atom stereocenters. The van der Waals surface area contributed by atoms with Crippen LogP contribution in [0.3, 0.4) is 0 Å². The summed E-state index contributed by atoms with van der Waals surface area (Å²) in [7, 11) is 0. The van der Waals surface area contributed by atoms with Crippen LogP contribution in [0.15, 0.2) is 29.6 Å². The summed E-state index contributed by atoms with van der Waals surface area (Å²) in [5, 5.41) is 7.76. The van der Waals surface area contributed by atoms with Crippen LogP contribution in [0.25, 0.3) is 11.0 Å². The van der Waals surface area contributed by atoms with Gasteiger partial charge in [0, 0.05) is 48.4 Å². The Morgan fingerprint density at radius 1 is 1.50 bits per heavy atom. The van der Waals surface area contributed by atoms with Crippen LogP contribution in [0.4, 0.5) is 5.69 Å². The zero-order chi connectivity index (χ0) is 18.1. The first-order valence-electron chi connectivity index (χ1n) is 9.21. The zero-order valence-corrected chi connectivity index (χ0v) is 16.0. The Morgan fingerprint density at radius 2 is 2.38 bits per heavy atom. The number of pyridine rings is 1. The maximum Gasteiger partial charge on any atom is 0.259 e. The van der Waals surface area contributed by atoms with Gasteiger partial charge in [0.25, 0.3) is 5.91 Å². The molecule has 1 amide bonds. The topological polar surface area (TPSA) is 73.0 Å². The standard InChI is InChI=1S/C19H25N5OS/c1-12-10-22-18-17(12)15(5-7-21-18)24-8-9-26-16(11-24)19(25)23-13(2)14-4-3-6-20-14/h5,7,10-11,13-14,20H,3-4,6,8-9H2,1-2H3,(H,21,22)(H,23,25). The molecule has 2 aliphatic rings. The molecule has 2 aromatic heterocycles. The lowest BCUT2D eigenvalue weighted by Gasteiger charge is -2.28. The maximum atomic E-state index is 12.7. The lowest BCUT2D eigenvalue weighted by molar-refractivity contribution is -0.117. The molecule has 0 aliphatic carbocycles. The second kappa shape index (κ2) is 7.32. The number of aromatic amines is 1. The molecule has 0 bridgehead atoms. The van der Waals surface area contributed by atoms with Crippen molar-refractivity contribution < 1.29 is 4.79 Å². The van der Waals surface area contributed by atoms with Crippen LogP contribution in [0, 0.1) is 6.92 Å². The molecular formula is C19H25N5OS. The Balaban J connectivity index is 1.55. The Hall–Kier alpha value is -1.99. The van der Waals surface area contributed by atoms with Crippen LogP contribution in [-0.4, -0.2) is 46.8 Å². The molecule has 7 heteroatoms. The van der Waals surface area contributed by atoms with E-state index in [0.29, 0.717) is 6.04 Å². The number of carbonyl (C=O) groups excluding carboxylic acids is 1. The van der Waals surface area contributed by atoms with Crippen molar-refractivity contribution in [3.8, 4) is 0 Å². The van der Waals surface area contributed by atoms with E-state index in [2.05, 4.69) is 39.3 Å². The van der Waals surface area contributed by atoms with E-state index in [1.165, 1.54) is 12.0 Å². The van der Waals surface area contributed by atoms with Gasteiger partial charge in [0.1, 0.15) is 5.65 Å². The highest BCUT2D eigenvalue weighted by Crippen LogP contribution is 2.32. The average Bonchev–Trinajstić information content (AvgIpc) is 3.32. The quantitative estimate of drug-likeness (QED) is 0.770. The van der Waals surface area contributed by atoms with Gasteiger partial charge in [-0.25, -0.2) is 4.98 Å². The fourth-order valence-corrected chi connectivity index (χ4v) is 4.67. The summed E-state index contributed by atoms with van der Waals surface area (Å²) in [4.78, 5) is 23.3. The Kier molecular flexibility index (Phi) is 4.91. The molecule has 0 radical (unpaired) electrons. The van der Waals surface area contributed by atoms with Gasteiger partial charge in [-0.15, -0.1) is 11.8 Å². The minimum absolute atomic E-state index is 0.0250. The van der Waals surface area contributed by atoms with Gasteiger partial charge in [0.15, 0.2) is 0 Å². The molecule has 3 N–H and O–H groups in total. The second-order valence-electron chi connectivity index (χ2n) is 7.03. The van der Waals surface area contributed by atoms with E-state index in [1.807, 2.05) is 24.7 Å². The summed E-state index contributed by atoms with van der Waals surface area (Å²) in [6, 6.07) is 2.55. The van der Waals surface area contributed by atoms with E-state index >= 15 is 0 Å². The Morgan fingerprint density at radius 3 is 3.19 bits per heavy atom. The third-order valence-corrected chi connectivity index (χ3v) is 6.19. The summed E-state index contributed by atoms with van der Waals surface area (Å²) in [6.07, 6.45) is 8.09. The normalized spacial score (nSPS) is 21.7. The summed E-state index contributed by atoms with van der Waals surface area (Å²) < 4.78 is 0. The lowest BCUT2D eigenvalue weighted by Crippen LogP contribution is -2.46. The van der Waals surface area contributed by atoms with E-state index in [0.717, 1.165) is 46.9 Å². The number of fused-ring (bicyclic) bond motifs is 1. The number of nitrogens with one attached hydrogen (secondary N) is 3. The van der Waals surface area contributed by atoms with Gasteiger partial charge in [-0.2, -0.15) is 0 Å². The van der Waals surface area contributed by atoms with E-state index < -0.39 is 0 Å². The largest absolute Gasteiger partial charge is 0.348 e. The van der Waals surface area contributed by atoms with E-state index in [1.54, 1.807) is 11.8 Å². The van der Waals surface area contributed by atoms with Crippen molar-refractivity contribution in [1.82, 2.24) is 20.6 Å². The Labute approximate surface area is 157 Å². The van der Waals surface area contributed by atoms with Crippen LogP contribution in [0.5, 0.6) is 0 Å². The van der Waals surface area contributed by atoms with E-state index in [9.17, 15) is 4.79 Å². The first-order valence-corrected chi connectivity index (χ1v) is 10.2. The molecule has 0 spiro atoms. The molecule has 0 aromatic carbocycles. The number of amides is 1. The van der Waals surface area contributed by atoms with Crippen LogP contribution in [0.2, 0.25) is 0 Å². The number of hydrogen-bond acceptors (Lipinski definition) is 5. The molecule has 1 saturated heterocycles. The highest BCUT2D eigenvalue weighted by Gasteiger charge is 2.25. The smallest absolute Gasteiger partial charge is 0.259 e. The van der Waals surface area contributed by atoms with Crippen molar-refractivity contribution in [1.29, 1.82) is 0 Å². The maximum absolute atomic E-state index is 12.7. The minimum Gasteiger partial charge on any atom is -0.348 e. The predicted molar refractivity (Wildman–Crippen MR) is 107 cm³/mol. The number of aromatic nitrogens is 2. The van der Waals surface area contributed by atoms with Crippen molar-refractivity contribution in [3.05, 3.63) is 35.1 Å². The van der Waals surface area contributed by atoms with Gasteiger partial charge >= 0.3 is 0 Å². The van der Waals surface area contributed by atoms with Gasteiger partial charge in [-0.1, -0.05) is 0 Å². The van der Waals surface area contributed by atoms with Crippen molar-refractivity contribution in [3.63, 3.8) is 0 Å². The first kappa shape index (κ1) is 17.4. The molecular weight excluding hydrogens is 346 g/mol. The molecule has 2 aliphatic heterocycles. The summed E-state index contributed by atoms with van der Waals surface area (Å²) in [5.41, 5.74) is 3.16. The first-order chi connectivity index (χ1) is 12.6. The number of hydrogen-bond donors (Lipinski definition) is 3. The molecule has 6 nitrogen and oxygen atoms in total. The molecule has 1 fully saturated rings. The van der Waals surface area contributed by atoms with Crippen LogP contribution < -0.4 is 15.5 Å². The number of H-pyrrole nitrogens is 1. The number of anilines is 1. The van der Waals surface area contributed by atoms with Crippen molar-refractivity contribution in [2.45, 2.75) is 38.8 Å². The van der Waals surface area contributed by atoms with Gasteiger partial charge in [0.2, 0.25) is 0 Å². The molecule has 0 saturated carbocycles. The van der Waals surface area contributed by atoms with Gasteiger partial charge in [-0.05, 0) is 44.9 Å². The highest BCUT2D eigenvalue weighted by molar-refractivity contribution is 8.04. The number of nitrogens with zero attached hydrogens (tertiary/aromatic N) is 2. The predicted octanol–water partition coefficient (Wildman–Crippen LogP) is 2.52. The molecule has 26 heavy (non-hydrogen) atoms. The Bertz CT molecular complexity index is 840. The SMILES string of the molecule is Cc1c[nH]c2nccc(N3C=C(C(=O)NC(C)C4CCCN4)SCC3)c12. The van der Waals surface area contributed by atoms with Crippen molar-refractivity contribution >= 4 is 34.4 Å². The molecule has 2 aromatic rings. The van der Waals surface area contributed by atoms with Crippen molar-refractivity contribution in [2.24, 2.45) is 0 Å². The average molecular weight is 372 g/mol. The van der Waals surface area contributed by atoms with Crippen LogP contribution in [-0.2, 0) is 4.79 Å². The monoisotopic (exact) mass is 371 g/mol. The van der Waals surface area contributed by atoms with Gasteiger partial charge < -0.3 is 20.5 Å². The molecule has 138 valence electrons. The number of carbonyl (C=O) groups is 1. The molecule has 4 rings (SSSR count). The lowest BCUT2D eigenvalue weighted by atomic mass is 10.1. The van der Waals surface area contributed by atoms with Gasteiger partial charge in [-0.3, -0.25) is 4.79 Å². The minimum atomic E-state index is 0.0250. The summed E-state index contributed by atoms with van der Waals surface area (Å²) in [6.45, 7) is 6.09. The summed E-state index contributed by atoms with van der Waals surface area (Å²) >= 11 is 1.63. The zero-order valence-electron chi connectivity index (χ0n) is 15.2. The fourth-order valence-electron chi connectivity index (χ4n) is 3.77. The van der Waals surface area contributed by atoms with Crippen molar-refractivity contribution in [2.75, 3.05) is 23.7 Å². The third-order valence-electron chi connectivity index (χ3n) is 5.21. The van der Waals surface area contributed by atoms with Crippen LogP contribution >= 0.6 is 11.8 Å². The van der Waals surface area contributed by atoms with E-state index in [-0.39, 0.29) is 11.9 Å². The molecule has 2 atom stereocenters. The number of aryl methyl sites for hydroxylation is 1. The number of rotatable bonds is 4. The fraction of sp³-hybridized carbons (Fsp3) is 0.474. The second-order valence-corrected chi connectivity index (χ2v) is 8.16. The van der Waals surface area contributed by atoms with Crippen LogP contribution in [0.1, 0.15) is 25.3 Å².